The van der Waals surface area contributed by atoms with Gasteiger partial charge in [-0.3, -0.25) is 4.79 Å². The lowest BCUT2D eigenvalue weighted by molar-refractivity contribution is -0.117. The van der Waals surface area contributed by atoms with Crippen LogP contribution in [0, 0.1) is 0 Å². The Morgan fingerprint density at radius 1 is 1.07 bits per heavy atom. The number of amides is 1. The minimum atomic E-state index is -0.182. The van der Waals surface area contributed by atoms with Crippen LogP contribution >= 0.6 is 46.9 Å². The average molecular weight is 470 g/mol. The van der Waals surface area contributed by atoms with Gasteiger partial charge in [-0.25, -0.2) is 4.98 Å². The third-order valence-corrected chi connectivity index (χ3v) is 6.43. The minimum Gasteiger partial charge on any atom is -0.308 e. The van der Waals surface area contributed by atoms with Crippen LogP contribution < -0.4 is 10.6 Å². The lowest BCUT2D eigenvalue weighted by Crippen LogP contribution is -2.35. The topological polar surface area (TPSA) is 54.0 Å². The summed E-state index contributed by atoms with van der Waals surface area (Å²) in [5, 5.41) is 11.5. The molecule has 2 N–H and O–H groups in total. The first-order chi connectivity index (χ1) is 14.6. The number of rotatable bonds is 5. The van der Waals surface area contributed by atoms with Gasteiger partial charge in [0.25, 0.3) is 0 Å². The number of halogens is 1. The number of benzene rings is 3. The van der Waals surface area contributed by atoms with E-state index in [9.17, 15) is 4.79 Å². The van der Waals surface area contributed by atoms with E-state index in [0.29, 0.717) is 10.2 Å². The molecule has 3 aromatic carbocycles. The molecule has 4 rings (SSSR count). The van der Waals surface area contributed by atoms with Crippen molar-refractivity contribution in [1.82, 2.24) is 10.3 Å². The van der Waals surface area contributed by atoms with Crippen LogP contribution in [-0.4, -0.2) is 21.8 Å². The zero-order valence-electron chi connectivity index (χ0n) is 15.6. The lowest BCUT2D eigenvalue weighted by atomic mass is 10.1. The zero-order valence-corrected chi connectivity index (χ0v) is 18.8. The molecule has 1 heterocycles. The fourth-order valence-electron chi connectivity index (χ4n) is 2.78. The van der Waals surface area contributed by atoms with E-state index in [1.54, 1.807) is 12.1 Å². The SMILES string of the molecule is O=C(CSc1ccc(Cl)cc1)NC(=S)Nc1nc(-c2ccc3ccccc3c2)cs1. The summed E-state index contributed by atoms with van der Waals surface area (Å²) in [7, 11) is 0. The number of nitrogens with zero attached hydrogens (tertiary/aromatic N) is 1. The van der Waals surface area contributed by atoms with E-state index in [4.69, 9.17) is 23.8 Å². The average Bonchev–Trinajstić information content (AvgIpc) is 3.21. The Balaban J connectivity index is 1.33. The maximum absolute atomic E-state index is 12.1. The molecule has 0 fully saturated rings. The molecular formula is C22H16ClN3OS3. The monoisotopic (exact) mass is 469 g/mol. The number of hydrogen-bond donors (Lipinski definition) is 2. The highest BCUT2D eigenvalue weighted by Gasteiger charge is 2.10. The maximum atomic E-state index is 12.1. The highest BCUT2D eigenvalue weighted by atomic mass is 35.5. The Morgan fingerprint density at radius 3 is 2.63 bits per heavy atom. The second kappa shape index (κ2) is 9.57. The standard InChI is InChI=1S/C22H16ClN3OS3/c23-17-7-9-18(10-8-17)29-13-20(27)25-21(28)26-22-24-19(12-30-22)16-6-5-14-3-1-2-4-15(14)11-16/h1-12H,13H2,(H2,24,25,26,27,28). The third kappa shape index (κ3) is 5.37. The first-order valence-electron chi connectivity index (χ1n) is 9.01. The fourth-order valence-corrected chi connectivity index (χ4v) is 4.61. The van der Waals surface area contributed by atoms with Crippen molar-refractivity contribution in [1.29, 1.82) is 0 Å². The number of thioether (sulfide) groups is 1. The molecule has 30 heavy (non-hydrogen) atoms. The number of anilines is 1. The summed E-state index contributed by atoms with van der Waals surface area (Å²) in [4.78, 5) is 17.7. The molecule has 1 amide bonds. The first kappa shape index (κ1) is 20.8. The Bertz CT molecular complexity index is 1210. The normalized spacial score (nSPS) is 10.7. The smallest absolute Gasteiger partial charge is 0.236 e. The number of thiocarbonyl (C=S) groups is 1. The summed E-state index contributed by atoms with van der Waals surface area (Å²) in [6.45, 7) is 0. The van der Waals surface area contributed by atoms with Gasteiger partial charge < -0.3 is 10.6 Å². The number of hydrogen-bond acceptors (Lipinski definition) is 5. The van der Waals surface area contributed by atoms with Crippen LogP contribution in [0.1, 0.15) is 0 Å². The zero-order chi connectivity index (χ0) is 20.9. The van der Waals surface area contributed by atoms with Gasteiger partial charge in [-0.05, 0) is 53.3 Å². The van der Waals surface area contributed by atoms with Gasteiger partial charge in [-0.2, -0.15) is 0 Å². The van der Waals surface area contributed by atoms with Crippen LogP contribution in [-0.2, 0) is 4.79 Å². The highest BCUT2D eigenvalue weighted by Crippen LogP contribution is 2.27. The lowest BCUT2D eigenvalue weighted by Gasteiger charge is -2.07. The molecule has 0 unspecified atom stereocenters. The molecule has 4 nitrogen and oxygen atoms in total. The molecule has 8 heteroatoms. The van der Waals surface area contributed by atoms with Crippen LogP contribution in [0.2, 0.25) is 5.02 Å². The number of thiazole rings is 1. The van der Waals surface area contributed by atoms with Crippen molar-refractivity contribution in [2.24, 2.45) is 0 Å². The predicted octanol–water partition coefficient (Wildman–Crippen LogP) is 6.22. The first-order valence-corrected chi connectivity index (χ1v) is 11.7. The summed E-state index contributed by atoms with van der Waals surface area (Å²) >= 11 is 14.0. The number of fused-ring (bicyclic) bond motifs is 1. The van der Waals surface area contributed by atoms with Gasteiger partial charge in [0.1, 0.15) is 0 Å². The second-order valence-corrected chi connectivity index (χ2v) is 9.10. The van der Waals surface area contributed by atoms with Crippen LogP contribution in [0.5, 0.6) is 0 Å². The molecule has 0 saturated carbocycles. The molecule has 4 aromatic rings. The maximum Gasteiger partial charge on any atom is 0.236 e. The van der Waals surface area contributed by atoms with E-state index in [2.05, 4.69) is 45.9 Å². The number of nitrogens with one attached hydrogen (secondary N) is 2. The molecule has 0 aliphatic heterocycles. The van der Waals surface area contributed by atoms with Gasteiger partial charge >= 0.3 is 0 Å². The van der Waals surface area contributed by atoms with Crippen molar-refractivity contribution in [3.05, 3.63) is 77.1 Å². The van der Waals surface area contributed by atoms with Crippen LogP contribution in [0.15, 0.2) is 77.0 Å². The van der Waals surface area contributed by atoms with E-state index < -0.39 is 0 Å². The molecule has 0 atom stereocenters. The minimum absolute atomic E-state index is 0.182. The van der Waals surface area contributed by atoms with E-state index in [-0.39, 0.29) is 16.8 Å². The molecule has 0 saturated heterocycles. The quantitative estimate of drug-likeness (QED) is 0.268. The van der Waals surface area contributed by atoms with E-state index >= 15 is 0 Å². The fraction of sp³-hybridized carbons (Fsp3) is 0.0455. The summed E-state index contributed by atoms with van der Waals surface area (Å²) in [6.07, 6.45) is 0. The van der Waals surface area contributed by atoms with E-state index in [1.807, 2.05) is 29.6 Å². The summed E-state index contributed by atoms with van der Waals surface area (Å²) < 4.78 is 0. The molecule has 1 aromatic heterocycles. The molecule has 150 valence electrons. The second-order valence-electron chi connectivity index (χ2n) is 6.34. The van der Waals surface area contributed by atoms with E-state index in [1.165, 1.54) is 33.9 Å². The Hall–Kier alpha value is -2.45. The molecule has 0 bridgehead atoms. The largest absolute Gasteiger partial charge is 0.308 e. The number of carbonyl (C=O) groups excluding carboxylic acids is 1. The van der Waals surface area contributed by atoms with Crippen molar-refractivity contribution in [3.8, 4) is 11.3 Å². The van der Waals surface area contributed by atoms with Gasteiger partial charge in [0, 0.05) is 20.9 Å². The molecule has 0 radical (unpaired) electrons. The van der Waals surface area contributed by atoms with Gasteiger partial charge in [0.05, 0.1) is 11.4 Å². The van der Waals surface area contributed by atoms with E-state index in [0.717, 1.165) is 16.2 Å². The Labute approximate surface area is 192 Å². The summed E-state index contributed by atoms with van der Waals surface area (Å²) in [5.74, 6) is 0.0719. The predicted molar refractivity (Wildman–Crippen MR) is 132 cm³/mol. The molecule has 0 spiro atoms. The Morgan fingerprint density at radius 2 is 1.83 bits per heavy atom. The van der Waals surface area contributed by atoms with Gasteiger partial charge in [0.2, 0.25) is 5.91 Å². The highest BCUT2D eigenvalue weighted by molar-refractivity contribution is 8.00. The van der Waals surface area contributed by atoms with Gasteiger partial charge in [-0.1, -0.05) is 48.0 Å². The van der Waals surface area contributed by atoms with Gasteiger partial charge in [0.15, 0.2) is 10.2 Å². The van der Waals surface area contributed by atoms with Crippen molar-refractivity contribution in [2.45, 2.75) is 4.90 Å². The summed E-state index contributed by atoms with van der Waals surface area (Å²) in [5.41, 5.74) is 1.90. The molecular weight excluding hydrogens is 454 g/mol. The number of carbonyl (C=O) groups is 1. The van der Waals surface area contributed by atoms with Crippen molar-refractivity contribution in [2.75, 3.05) is 11.1 Å². The van der Waals surface area contributed by atoms with Crippen LogP contribution in [0.3, 0.4) is 0 Å². The van der Waals surface area contributed by atoms with Crippen molar-refractivity contribution < 1.29 is 4.79 Å². The number of aromatic nitrogens is 1. The molecule has 0 aliphatic rings. The summed E-state index contributed by atoms with van der Waals surface area (Å²) in [6, 6.07) is 21.8. The van der Waals surface area contributed by atoms with Crippen molar-refractivity contribution >= 4 is 73.8 Å². The van der Waals surface area contributed by atoms with Crippen LogP contribution in [0.4, 0.5) is 5.13 Å². The van der Waals surface area contributed by atoms with Crippen LogP contribution in [0.25, 0.3) is 22.0 Å². The molecule has 0 aliphatic carbocycles. The Kier molecular flexibility index (Phi) is 6.64. The third-order valence-electron chi connectivity index (χ3n) is 4.21. The van der Waals surface area contributed by atoms with Gasteiger partial charge in [-0.15, -0.1) is 23.1 Å². The van der Waals surface area contributed by atoms with Crippen molar-refractivity contribution in [3.63, 3.8) is 0 Å².